The van der Waals surface area contributed by atoms with Gasteiger partial charge >= 0.3 is 14.5 Å². The molecule has 0 aromatic carbocycles. The van der Waals surface area contributed by atoms with Crippen LogP contribution in [0.3, 0.4) is 0 Å². The smallest absolute Gasteiger partial charge is 0.418 e. The molecule has 0 aromatic rings. The molecule has 3 fully saturated rings. The molecule has 0 spiro atoms. The quantitative estimate of drug-likeness (QED) is 0.365. The fourth-order valence-corrected chi connectivity index (χ4v) is 1.75. The van der Waals surface area contributed by atoms with Crippen molar-refractivity contribution in [2.45, 2.75) is 0 Å². The predicted octanol–water partition coefficient (Wildman–Crippen LogP) is 3.02. The van der Waals surface area contributed by atoms with Crippen LogP contribution in [0.4, 0.5) is 43.5 Å². The fourth-order valence-electron chi connectivity index (χ4n) is 1.75. The highest BCUT2D eigenvalue weighted by atomic mass is 19.5. The Kier molecular flexibility index (Phi) is 6.20. The molecule has 0 aliphatic carbocycles. The third-order valence-corrected chi connectivity index (χ3v) is 2.70. The molecule has 0 atom stereocenters. The lowest BCUT2D eigenvalue weighted by atomic mass is 10.2. The van der Waals surface area contributed by atoms with Gasteiger partial charge in [0.1, 0.15) is 0 Å². The zero-order chi connectivity index (χ0) is 16.2. The van der Waals surface area contributed by atoms with Crippen LogP contribution in [0.25, 0.3) is 0 Å². The Balaban J connectivity index is 0.000000310. The first-order valence-corrected chi connectivity index (χ1v) is 5.48. The number of hydrogen-bond acceptors (Lipinski definition) is 0. The Morgan fingerprint density at radius 2 is 0.550 bits per heavy atom. The lowest BCUT2D eigenvalue weighted by Crippen LogP contribution is -2.68. The SMILES string of the molecule is F[B-](F)(F)F.F[B-](F)(F)F.F[N+]12CC[N+](F)(CC1)CC2. The lowest BCUT2D eigenvalue weighted by Gasteiger charge is -2.42. The summed E-state index contributed by atoms with van der Waals surface area (Å²) >= 11 is 0. The number of rotatable bonds is 0. The monoisotopic (exact) mass is 324 g/mol. The molecule has 2 nitrogen and oxygen atoms in total. The van der Waals surface area contributed by atoms with Crippen molar-refractivity contribution in [1.29, 1.82) is 0 Å². The van der Waals surface area contributed by atoms with Crippen molar-refractivity contribution in [3.63, 3.8) is 0 Å². The molecule has 20 heavy (non-hydrogen) atoms. The Morgan fingerprint density at radius 1 is 0.450 bits per heavy atom. The van der Waals surface area contributed by atoms with Crippen LogP contribution in [0.2, 0.25) is 0 Å². The van der Waals surface area contributed by atoms with Gasteiger partial charge in [0.2, 0.25) is 0 Å². The van der Waals surface area contributed by atoms with Crippen LogP contribution in [-0.2, 0) is 0 Å². The van der Waals surface area contributed by atoms with Gasteiger partial charge in [-0.1, -0.05) is 0 Å². The molecule has 3 rings (SSSR count). The van der Waals surface area contributed by atoms with Crippen LogP contribution in [0.15, 0.2) is 0 Å². The van der Waals surface area contributed by atoms with E-state index in [2.05, 4.69) is 0 Å². The molecular formula is C6H12B2F10N2. The second-order valence-electron chi connectivity index (χ2n) is 4.39. The summed E-state index contributed by atoms with van der Waals surface area (Å²) < 4.78 is 104. The molecule has 0 aromatic heterocycles. The molecule has 0 unspecified atom stereocenters. The van der Waals surface area contributed by atoms with Gasteiger partial charge in [0.05, 0.1) is 0 Å². The number of piperazine rings is 3. The topological polar surface area (TPSA) is 0 Å². The van der Waals surface area contributed by atoms with E-state index in [9.17, 15) is 43.5 Å². The summed E-state index contributed by atoms with van der Waals surface area (Å²) in [7, 11) is -12.0. The summed E-state index contributed by atoms with van der Waals surface area (Å²) in [5.74, 6) is 0. The molecule has 14 heteroatoms. The zero-order valence-corrected chi connectivity index (χ0v) is 10.1. The molecular weight excluding hydrogens is 312 g/mol. The summed E-state index contributed by atoms with van der Waals surface area (Å²) in [6, 6.07) is 0. The molecule has 3 saturated heterocycles. The lowest BCUT2D eigenvalue weighted by molar-refractivity contribution is -1.19. The number of fused-ring (bicyclic) bond motifs is 3. The standard InChI is InChI=1S/C6H12F2N2.2BF4/c7-9-1-2-10(8,5-3-9)6-4-9;2*2-1(3,4)5/h1-6H2;;/q+2;2*-1. The van der Waals surface area contributed by atoms with E-state index in [4.69, 9.17) is 0 Å². The average Bonchev–Trinajstić information content (AvgIpc) is 2.16. The van der Waals surface area contributed by atoms with E-state index in [1.165, 1.54) is 0 Å². The molecule has 0 radical (unpaired) electrons. The van der Waals surface area contributed by atoms with Crippen molar-refractivity contribution < 1.29 is 52.9 Å². The molecule has 3 aliphatic heterocycles. The highest BCUT2D eigenvalue weighted by Crippen LogP contribution is 2.26. The molecule has 0 N–H and O–H groups in total. The van der Waals surface area contributed by atoms with E-state index < -0.39 is 14.5 Å². The maximum atomic E-state index is 13.3. The van der Waals surface area contributed by atoms with E-state index >= 15 is 0 Å². The van der Waals surface area contributed by atoms with Gasteiger partial charge in [-0.25, -0.2) is 0 Å². The number of nitrogens with zero attached hydrogens (tertiary/aromatic N) is 2. The van der Waals surface area contributed by atoms with Crippen molar-refractivity contribution in [2.24, 2.45) is 0 Å². The predicted molar refractivity (Wildman–Crippen MR) is 52.3 cm³/mol. The molecule has 3 aliphatic rings. The summed E-state index contributed by atoms with van der Waals surface area (Å²) in [5, 5.41) is 0. The van der Waals surface area contributed by atoms with Gasteiger partial charge in [-0.15, -0.1) is 9.41 Å². The van der Waals surface area contributed by atoms with Crippen LogP contribution < -0.4 is 0 Å². The van der Waals surface area contributed by atoms with E-state index in [-0.39, 0.29) is 9.41 Å². The largest absolute Gasteiger partial charge is 0.673 e. The minimum absolute atomic E-state index is 0.372. The first kappa shape index (κ1) is 19.3. The van der Waals surface area contributed by atoms with Crippen molar-refractivity contribution in [2.75, 3.05) is 39.3 Å². The van der Waals surface area contributed by atoms with Gasteiger partial charge in [0, 0.05) is 0 Å². The molecule has 3 heterocycles. The van der Waals surface area contributed by atoms with E-state index in [0.717, 1.165) is 0 Å². The number of halogens is 10. The van der Waals surface area contributed by atoms with Gasteiger partial charge in [-0.05, 0) is 8.96 Å². The summed E-state index contributed by atoms with van der Waals surface area (Å²) in [5.41, 5.74) is 0. The van der Waals surface area contributed by atoms with Gasteiger partial charge in [-0.3, -0.25) is 0 Å². The first-order chi connectivity index (χ1) is 8.62. The summed E-state index contributed by atoms with van der Waals surface area (Å²) in [6.07, 6.45) is 0. The van der Waals surface area contributed by atoms with Gasteiger partial charge in [-0.2, -0.15) is 0 Å². The Hall–Kier alpha value is -0.650. The molecule has 122 valence electrons. The average molecular weight is 324 g/mol. The van der Waals surface area contributed by atoms with E-state index in [0.29, 0.717) is 39.3 Å². The van der Waals surface area contributed by atoms with Crippen LogP contribution in [0.1, 0.15) is 0 Å². The molecule has 0 amide bonds. The third-order valence-electron chi connectivity index (χ3n) is 2.70. The minimum atomic E-state index is -6.00. The Labute approximate surface area is 108 Å². The third kappa shape index (κ3) is 11.2. The zero-order valence-electron chi connectivity index (χ0n) is 10.1. The van der Waals surface area contributed by atoms with Crippen molar-refractivity contribution in [3.8, 4) is 0 Å². The fraction of sp³-hybridized carbons (Fsp3) is 1.00. The van der Waals surface area contributed by atoms with E-state index in [1.807, 2.05) is 0 Å². The van der Waals surface area contributed by atoms with Gasteiger partial charge in [0.25, 0.3) is 0 Å². The van der Waals surface area contributed by atoms with Crippen LogP contribution in [0.5, 0.6) is 0 Å². The highest BCUT2D eigenvalue weighted by Gasteiger charge is 2.52. The van der Waals surface area contributed by atoms with Crippen LogP contribution >= 0.6 is 0 Å². The summed E-state index contributed by atoms with van der Waals surface area (Å²) in [4.78, 5) is 0. The second kappa shape index (κ2) is 6.41. The number of hydrogen-bond donors (Lipinski definition) is 0. The van der Waals surface area contributed by atoms with Gasteiger partial charge < -0.3 is 34.5 Å². The van der Waals surface area contributed by atoms with Crippen LogP contribution in [-0.4, -0.2) is 63.2 Å². The van der Waals surface area contributed by atoms with E-state index in [1.54, 1.807) is 0 Å². The first-order valence-electron chi connectivity index (χ1n) is 5.48. The minimum Gasteiger partial charge on any atom is -0.418 e. The summed E-state index contributed by atoms with van der Waals surface area (Å²) in [6.45, 7) is 2.23. The van der Waals surface area contributed by atoms with Crippen LogP contribution in [0, 0.1) is 0 Å². The molecule has 2 bridgehead atoms. The second-order valence-corrected chi connectivity index (χ2v) is 4.39. The maximum Gasteiger partial charge on any atom is 0.673 e. The molecule has 0 saturated carbocycles. The van der Waals surface area contributed by atoms with Crippen molar-refractivity contribution in [3.05, 3.63) is 0 Å². The maximum absolute atomic E-state index is 13.3. The van der Waals surface area contributed by atoms with Crippen molar-refractivity contribution in [1.82, 2.24) is 0 Å². The Bertz CT molecular complexity index is 239. The Morgan fingerprint density at radius 3 is 0.650 bits per heavy atom. The highest BCUT2D eigenvalue weighted by molar-refractivity contribution is 6.50. The van der Waals surface area contributed by atoms with Gasteiger partial charge in [0.15, 0.2) is 39.3 Å². The van der Waals surface area contributed by atoms with Crippen molar-refractivity contribution >= 4 is 14.5 Å². The number of quaternary nitrogens is 2. The normalized spacial score (nSPS) is 32.7.